The lowest BCUT2D eigenvalue weighted by Crippen LogP contribution is -2.38. The van der Waals surface area contributed by atoms with Gasteiger partial charge in [-0.25, -0.2) is 4.79 Å². The minimum Gasteiger partial charge on any atom is -0.423 e. The molecule has 0 fully saturated rings. The molecule has 1 heterocycles. The first-order valence-corrected chi connectivity index (χ1v) is 8.36. The van der Waals surface area contributed by atoms with Gasteiger partial charge in [-0.2, -0.15) is 0 Å². The molecule has 0 atom stereocenters. The Hall–Kier alpha value is -2.14. The summed E-state index contributed by atoms with van der Waals surface area (Å²) in [6.07, 6.45) is 0. The first-order chi connectivity index (χ1) is 11.3. The summed E-state index contributed by atoms with van der Waals surface area (Å²) in [5.41, 5.74) is 3.37. The first kappa shape index (κ1) is 18.2. The zero-order chi connectivity index (χ0) is 17.9. The molecule has 24 heavy (non-hydrogen) atoms. The molecule has 2 aromatic rings. The Kier molecular flexibility index (Phi) is 5.78. The minimum atomic E-state index is -0.357. The van der Waals surface area contributed by atoms with Gasteiger partial charge in [-0.1, -0.05) is 0 Å². The molecule has 5 nitrogen and oxygen atoms in total. The monoisotopic (exact) mass is 330 g/mol. The summed E-state index contributed by atoms with van der Waals surface area (Å²) < 4.78 is 5.32. The van der Waals surface area contributed by atoms with E-state index in [1.54, 1.807) is 0 Å². The molecule has 0 unspecified atom stereocenters. The smallest absolute Gasteiger partial charge is 0.336 e. The van der Waals surface area contributed by atoms with E-state index in [0.29, 0.717) is 31.8 Å². The van der Waals surface area contributed by atoms with Crippen LogP contribution in [0.1, 0.15) is 30.5 Å². The zero-order valence-corrected chi connectivity index (χ0v) is 15.2. The average Bonchev–Trinajstić information content (AvgIpc) is 2.50. The maximum absolute atomic E-state index is 12.2. The fraction of sp³-hybridized carbons (Fsp3) is 0.474. The van der Waals surface area contributed by atoms with Crippen molar-refractivity contribution in [3.8, 4) is 0 Å². The Bertz CT molecular complexity index is 791. The molecule has 1 aromatic carbocycles. The molecule has 0 spiro atoms. The maximum atomic E-state index is 12.2. The van der Waals surface area contributed by atoms with Gasteiger partial charge >= 0.3 is 5.63 Å². The lowest BCUT2D eigenvalue weighted by molar-refractivity contribution is -0.131. The normalized spacial score (nSPS) is 11.2. The van der Waals surface area contributed by atoms with Gasteiger partial charge in [-0.15, -0.1) is 0 Å². The third kappa shape index (κ3) is 4.03. The van der Waals surface area contributed by atoms with E-state index in [1.807, 2.05) is 56.7 Å². The van der Waals surface area contributed by atoms with Gasteiger partial charge in [-0.3, -0.25) is 9.69 Å². The zero-order valence-electron chi connectivity index (χ0n) is 15.2. The second kappa shape index (κ2) is 7.62. The van der Waals surface area contributed by atoms with Crippen LogP contribution in [0, 0.1) is 13.8 Å². The van der Waals surface area contributed by atoms with Crippen molar-refractivity contribution in [2.45, 2.75) is 34.2 Å². The van der Waals surface area contributed by atoms with Gasteiger partial charge in [0.2, 0.25) is 5.91 Å². The van der Waals surface area contributed by atoms with E-state index in [4.69, 9.17) is 4.42 Å². The van der Waals surface area contributed by atoms with Crippen molar-refractivity contribution >= 4 is 16.9 Å². The molecule has 0 bridgehead atoms. The van der Waals surface area contributed by atoms with Crippen LogP contribution >= 0.6 is 0 Å². The number of rotatable bonds is 6. The van der Waals surface area contributed by atoms with E-state index in [0.717, 1.165) is 22.1 Å². The number of carbonyl (C=O) groups excluding carboxylic acids is 1. The Labute approximate surface area is 142 Å². The molecule has 0 saturated carbocycles. The van der Waals surface area contributed by atoms with Crippen molar-refractivity contribution < 1.29 is 9.21 Å². The number of fused-ring (bicyclic) bond motifs is 1. The van der Waals surface area contributed by atoms with Gasteiger partial charge < -0.3 is 9.32 Å². The van der Waals surface area contributed by atoms with Gasteiger partial charge in [0.1, 0.15) is 5.58 Å². The number of carbonyl (C=O) groups is 1. The fourth-order valence-corrected chi connectivity index (χ4v) is 2.87. The third-order valence-corrected chi connectivity index (χ3v) is 4.41. The molecular formula is C19H26N2O3. The second-order valence-corrected chi connectivity index (χ2v) is 6.26. The standard InChI is InChI=1S/C19H26N2O3/c1-6-21(7-2)18(22)12-20(5)11-15-10-19(23)24-17-9-14(4)13(3)8-16(15)17/h8-10H,6-7,11-12H2,1-5H3. The average molecular weight is 330 g/mol. The molecule has 130 valence electrons. The van der Waals surface area contributed by atoms with E-state index < -0.39 is 0 Å². The van der Waals surface area contributed by atoms with Crippen molar-refractivity contribution in [3.63, 3.8) is 0 Å². The lowest BCUT2D eigenvalue weighted by atomic mass is 10.0. The Morgan fingerprint density at radius 3 is 2.33 bits per heavy atom. The first-order valence-electron chi connectivity index (χ1n) is 8.36. The van der Waals surface area contributed by atoms with Gasteiger partial charge in [0, 0.05) is 31.1 Å². The highest BCUT2D eigenvalue weighted by molar-refractivity contribution is 5.82. The molecular weight excluding hydrogens is 304 g/mol. The molecule has 1 aromatic heterocycles. The van der Waals surface area contributed by atoms with Gasteiger partial charge in [0.05, 0.1) is 6.54 Å². The summed E-state index contributed by atoms with van der Waals surface area (Å²) in [7, 11) is 1.89. The lowest BCUT2D eigenvalue weighted by Gasteiger charge is -2.23. The number of likely N-dealkylation sites (N-methyl/N-ethyl adjacent to an activating group) is 2. The van der Waals surface area contributed by atoms with Gasteiger partial charge in [0.25, 0.3) is 0 Å². The number of hydrogen-bond acceptors (Lipinski definition) is 4. The van der Waals surface area contributed by atoms with E-state index >= 15 is 0 Å². The fourth-order valence-electron chi connectivity index (χ4n) is 2.87. The molecule has 0 radical (unpaired) electrons. The number of hydrogen-bond donors (Lipinski definition) is 0. The highest BCUT2D eigenvalue weighted by Gasteiger charge is 2.15. The maximum Gasteiger partial charge on any atom is 0.336 e. The van der Waals surface area contributed by atoms with Gasteiger partial charge in [0.15, 0.2) is 0 Å². The molecule has 0 saturated heterocycles. The number of nitrogens with zero attached hydrogens (tertiary/aromatic N) is 2. The number of benzene rings is 1. The van der Waals surface area contributed by atoms with Crippen molar-refractivity contribution in [2.75, 3.05) is 26.7 Å². The Morgan fingerprint density at radius 1 is 1.08 bits per heavy atom. The van der Waals surface area contributed by atoms with E-state index in [1.165, 1.54) is 6.07 Å². The van der Waals surface area contributed by atoms with Crippen molar-refractivity contribution in [3.05, 3.63) is 45.3 Å². The topological polar surface area (TPSA) is 53.8 Å². The Balaban J connectivity index is 2.27. The van der Waals surface area contributed by atoms with Crippen molar-refractivity contribution in [2.24, 2.45) is 0 Å². The highest BCUT2D eigenvalue weighted by Crippen LogP contribution is 2.22. The summed E-state index contributed by atoms with van der Waals surface area (Å²) in [6.45, 7) is 10.3. The van der Waals surface area contributed by atoms with Crippen LogP contribution in [-0.4, -0.2) is 42.4 Å². The van der Waals surface area contributed by atoms with Crippen LogP contribution in [0.15, 0.2) is 27.4 Å². The third-order valence-electron chi connectivity index (χ3n) is 4.41. The van der Waals surface area contributed by atoms with E-state index in [9.17, 15) is 9.59 Å². The molecule has 0 aliphatic heterocycles. The van der Waals surface area contributed by atoms with Crippen LogP contribution in [0.25, 0.3) is 11.0 Å². The van der Waals surface area contributed by atoms with Crippen LogP contribution < -0.4 is 5.63 Å². The van der Waals surface area contributed by atoms with Gasteiger partial charge in [-0.05, 0) is 63.6 Å². The predicted octanol–water partition coefficient (Wildman–Crippen LogP) is 2.71. The Morgan fingerprint density at radius 2 is 1.71 bits per heavy atom. The highest BCUT2D eigenvalue weighted by atomic mass is 16.4. The molecule has 5 heteroatoms. The predicted molar refractivity (Wildman–Crippen MR) is 96.2 cm³/mol. The largest absolute Gasteiger partial charge is 0.423 e. The summed E-state index contributed by atoms with van der Waals surface area (Å²) in [5, 5.41) is 0.930. The quantitative estimate of drug-likeness (QED) is 0.764. The van der Waals surface area contributed by atoms with Crippen LogP contribution in [-0.2, 0) is 11.3 Å². The second-order valence-electron chi connectivity index (χ2n) is 6.26. The number of amides is 1. The molecule has 0 N–H and O–H groups in total. The van der Waals surface area contributed by atoms with E-state index in [2.05, 4.69) is 0 Å². The van der Waals surface area contributed by atoms with Crippen molar-refractivity contribution in [1.29, 1.82) is 0 Å². The van der Waals surface area contributed by atoms with E-state index in [-0.39, 0.29) is 11.5 Å². The van der Waals surface area contributed by atoms with Crippen LogP contribution in [0.2, 0.25) is 0 Å². The summed E-state index contributed by atoms with van der Waals surface area (Å²) in [5.74, 6) is 0.0989. The summed E-state index contributed by atoms with van der Waals surface area (Å²) >= 11 is 0. The molecule has 1 amide bonds. The van der Waals surface area contributed by atoms with Crippen molar-refractivity contribution in [1.82, 2.24) is 9.80 Å². The number of aryl methyl sites for hydroxylation is 2. The molecule has 2 rings (SSSR count). The van der Waals surface area contributed by atoms with Crippen LogP contribution in [0.4, 0.5) is 0 Å². The summed E-state index contributed by atoms with van der Waals surface area (Å²) in [6, 6.07) is 5.47. The SMILES string of the molecule is CCN(CC)C(=O)CN(C)Cc1cc(=O)oc2cc(C)c(C)cc12. The minimum absolute atomic E-state index is 0.0989. The molecule has 0 aliphatic carbocycles. The van der Waals surface area contributed by atoms with Crippen LogP contribution in [0.5, 0.6) is 0 Å². The molecule has 0 aliphatic rings. The summed E-state index contributed by atoms with van der Waals surface area (Å²) in [4.78, 5) is 27.8. The van der Waals surface area contributed by atoms with Crippen LogP contribution in [0.3, 0.4) is 0 Å².